The number of benzene rings is 2. The van der Waals surface area contributed by atoms with E-state index in [2.05, 4.69) is 9.80 Å². The molecule has 0 unspecified atom stereocenters. The van der Waals surface area contributed by atoms with Crippen LogP contribution in [0, 0.1) is 0 Å². The molecule has 1 heterocycles. The van der Waals surface area contributed by atoms with Gasteiger partial charge in [-0.3, -0.25) is 0 Å². The number of fused-ring (bicyclic) bond motifs is 2. The average Bonchev–Trinajstić information content (AvgIpc) is 2.51. The van der Waals surface area contributed by atoms with Crippen LogP contribution in [0.15, 0.2) is 58.3 Å². The van der Waals surface area contributed by atoms with Gasteiger partial charge in [0.05, 0.1) is 21.2 Å². The number of hydrogen-bond donors (Lipinski definition) is 0. The molecule has 2 aromatic rings. The van der Waals surface area contributed by atoms with Crippen molar-refractivity contribution in [3.05, 3.63) is 48.5 Å². The molecule has 0 N–H and O–H groups in total. The third kappa shape index (κ3) is 2.51. The first-order chi connectivity index (χ1) is 10.5. The Balaban J connectivity index is 2.08. The molecule has 2 aromatic carbocycles. The van der Waals surface area contributed by atoms with Gasteiger partial charge >= 0.3 is 0 Å². The molecule has 0 saturated carbocycles. The highest BCUT2D eigenvalue weighted by molar-refractivity contribution is 7.92. The quantitative estimate of drug-likeness (QED) is 0.869. The zero-order chi connectivity index (χ0) is 15.7. The predicted molar refractivity (Wildman–Crippen MR) is 88.5 cm³/mol. The van der Waals surface area contributed by atoms with Crippen molar-refractivity contribution in [1.82, 2.24) is 4.90 Å². The van der Waals surface area contributed by atoms with Crippen molar-refractivity contribution in [2.24, 2.45) is 0 Å². The van der Waals surface area contributed by atoms with Gasteiger partial charge in [-0.15, -0.1) is 0 Å². The second kappa shape index (κ2) is 5.74. The molecule has 1 aliphatic heterocycles. The van der Waals surface area contributed by atoms with Crippen LogP contribution < -0.4 is 4.90 Å². The third-order valence-electron chi connectivity index (χ3n) is 3.88. The molecule has 0 atom stereocenters. The van der Waals surface area contributed by atoms with E-state index >= 15 is 0 Å². The molecule has 3 rings (SSSR count). The van der Waals surface area contributed by atoms with Crippen LogP contribution in [0.2, 0.25) is 0 Å². The molecule has 0 saturated heterocycles. The molecule has 0 radical (unpaired) electrons. The Morgan fingerprint density at radius 2 is 1.41 bits per heavy atom. The monoisotopic (exact) mass is 316 g/mol. The topological polar surface area (TPSA) is 40.6 Å². The minimum absolute atomic E-state index is 0.401. The molecule has 1 aliphatic rings. The number of sulfone groups is 1. The van der Waals surface area contributed by atoms with Crippen molar-refractivity contribution in [2.45, 2.75) is 16.2 Å². The molecule has 0 bridgehead atoms. The Bertz CT molecular complexity index is 731. The van der Waals surface area contributed by atoms with Gasteiger partial charge in [0.25, 0.3) is 0 Å². The molecule has 0 fully saturated rings. The van der Waals surface area contributed by atoms with E-state index in [-0.39, 0.29) is 0 Å². The summed E-state index contributed by atoms with van der Waals surface area (Å²) in [7, 11) is 0.661. The summed E-state index contributed by atoms with van der Waals surface area (Å²) < 4.78 is 25.6. The molecule has 0 amide bonds. The molecule has 5 heteroatoms. The Labute approximate surface area is 131 Å². The van der Waals surface area contributed by atoms with Crippen molar-refractivity contribution < 1.29 is 8.42 Å². The number of anilines is 2. The Morgan fingerprint density at radius 1 is 0.909 bits per heavy atom. The van der Waals surface area contributed by atoms with Gasteiger partial charge in [-0.05, 0) is 51.3 Å². The standard InChI is InChI=1S/C17H20N2O2S/c1-18(2)12-7-13-19-14-8-3-5-10-16(14)22(20,21)17-11-6-4-9-15(17)19/h3-6,8-11H,7,12-13H2,1-2H3. The van der Waals surface area contributed by atoms with Crippen LogP contribution in [-0.4, -0.2) is 40.5 Å². The van der Waals surface area contributed by atoms with Crippen LogP contribution in [0.1, 0.15) is 6.42 Å². The maximum absolute atomic E-state index is 12.8. The van der Waals surface area contributed by atoms with Crippen LogP contribution in [0.4, 0.5) is 11.4 Å². The Kier molecular flexibility index (Phi) is 3.93. The highest BCUT2D eigenvalue weighted by Crippen LogP contribution is 2.43. The molecule has 0 aliphatic carbocycles. The van der Waals surface area contributed by atoms with Crippen LogP contribution in [0.3, 0.4) is 0 Å². The zero-order valence-corrected chi connectivity index (χ0v) is 13.7. The van der Waals surface area contributed by atoms with Crippen molar-refractivity contribution in [3.8, 4) is 0 Å². The Hall–Kier alpha value is -1.85. The van der Waals surface area contributed by atoms with Crippen molar-refractivity contribution >= 4 is 21.2 Å². The van der Waals surface area contributed by atoms with Gasteiger partial charge < -0.3 is 9.80 Å². The summed E-state index contributed by atoms with van der Waals surface area (Å²) in [6, 6.07) is 14.5. The van der Waals surface area contributed by atoms with E-state index in [0.29, 0.717) is 9.79 Å². The minimum atomic E-state index is -3.43. The molecule has 116 valence electrons. The average molecular weight is 316 g/mol. The fraction of sp³-hybridized carbons (Fsp3) is 0.294. The van der Waals surface area contributed by atoms with E-state index < -0.39 is 9.84 Å². The van der Waals surface area contributed by atoms with E-state index in [0.717, 1.165) is 30.9 Å². The summed E-state index contributed by atoms with van der Waals surface area (Å²) in [5.41, 5.74) is 1.56. The van der Waals surface area contributed by atoms with Crippen LogP contribution in [0.5, 0.6) is 0 Å². The normalized spacial score (nSPS) is 15.5. The summed E-state index contributed by atoms with van der Waals surface area (Å²) >= 11 is 0. The smallest absolute Gasteiger partial charge is 0.210 e. The fourth-order valence-electron chi connectivity index (χ4n) is 2.85. The SMILES string of the molecule is CN(C)CCCN1c2ccccc2S(=O)(=O)c2ccccc21. The summed E-state index contributed by atoms with van der Waals surface area (Å²) in [4.78, 5) is 5.06. The first kappa shape index (κ1) is 15.1. The predicted octanol–water partition coefficient (Wildman–Crippen LogP) is 2.92. The maximum atomic E-state index is 12.8. The first-order valence-corrected chi connectivity index (χ1v) is 8.85. The van der Waals surface area contributed by atoms with Crippen LogP contribution in [-0.2, 0) is 9.84 Å². The van der Waals surface area contributed by atoms with Crippen molar-refractivity contribution in [3.63, 3.8) is 0 Å². The molecule has 4 nitrogen and oxygen atoms in total. The van der Waals surface area contributed by atoms with Crippen molar-refractivity contribution in [2.75, 3.05) is 32.1 Å². The second-order valence-corrected chi connectivity index (χ2v) is 7.63. The number of para-hydroxylation sites is 2. The summed E-state index contributed by atoms with van der Waals surface area (Å²) in [5, 5.41) is 0. The van der Waals surface area contributed by atoms with Gasteiger partial charge in [-0.1, -0.05) is 24.3 Å². The van der Waals surface area contributed by atoms with E-state index in [1.165, 1.54) is 0 Å². The van der Waals surface area contributed by atoms with E-state index in [1.54, 1.807) is 24.3 Å². The lowest BCUT2D eigenvalue weighted by Gasteiger charge is -2.33. The highest BCUT2D eigenvalue weighted by atomic mass is 32.2. The van der Waals surface area contributed by atoms with Crippen molar-refractivity contribution in [1.29, 1.82) is 0 Å². The number of hydrogen-bond acceptors (Lipinski definition) is 4. The Morgan fingerprint density at radius 3 is 1.91 bits per heavy atom. The lowest BCUT2D eigenvalue weighted by atomic mass is 10.2. The van der Waals surface area contributed by atoms with Gasteiger partial charge in [0.2, 0.25) is 9.84 Å². The molecule has 0 aromatic heterocycles. The lowest BCUT2D eigenvalue weighted by Crippen LogP contribution is -2.28. The third-order valence-corrected chi connectivity index (χ3v) is 5.73. The summed E-state index contributed by atoms with van der Waals surface area (Å²) in [5.74, 6) is 0. The molecular formula is C17H20N2O2S. The van der Waals surface area contributed by atoms with Gasteiger partial charge in [-0.2, -0.15) is 0 Å². The van der Waals surface area contributed by atoms with Gasteiger partial charge in [0.1, 0.15) is 0 Å². The van der Waals surface area contributed by atoms with Gasteiger partial charge in [0.15, 0.2) is 0 Å². The van der Waals surface area contributed by atoms with Gasteiger partial charge in [0, 0.05) is 6.54 Å². The van der Waals surface area contributed by atoms with E-state index in [9.17, 15) is 8.42 Å². The molecule has 0 spiro atoms. The molecule has 22 heavy (non-hydrogen) atoms. The largest absolute Gasteiger partial charge is 0.339 e. The first-order valence-electron chi connectivity index (χ1n) is 7.37. The van der Waals surface area contributed by atoms with E-state index in [4.69, 9.17) is 0 Å². The summed E-state index contributed by atoms with van der Waals surface area (Å²) in [6.07, 6.45) is 0.968. The molecular weight excluding hydrogens is 296 g/mol. The van der Waals surface area contributed by atoms with Crippen LogP contribution in [0.25, 0.3) is 0 Å². The van der Waals surface area contributed by atoms with Crippen LogP contribution >= 0.6 is 0 Å². The van der Waals surface area contributed by atoms with E-state index in [1.807, 2.05) is 38.4 Å². The zero-order valence-electron chi connectivity index (χ0n) is 12.9. The fourth-order valence-corrected chi connectivity index (χ4v) is 4.51. The number of nitrogens with zero attached hydrogens (tertiary/aromatic N) is 2. The minimum Gasteiger partial charge on any atom is -0.339 e. The second-order valence-electron chi connectivity index (χ2n) is 5.75. The number of rotatable bonds is 4. The lowest BCUT2D eigenvalue weighted by molar-refractivity contribution is 0.402. The summed E-state index contributed by atoms with van der Waals surface area (Å²) in [6.45, 7) is 1.76. The highest BCUT2D eigenvalue weighted by Gasteiger charge is 2.33. The van der Waals surface area contributed by atoms with Gasteiger partial charge in [-0.25, -0.2) is 8.42 Å². The maximum Gasteiger partial charge on any atom is 0.210 e.